The largest absolute Gasteiger partial charge is 0.299 e. The van der Waals surface area contributed by atoms with Gasteiger partial charge in [0.05, 0.1) is 6.42 Å². The van der Waals surface area contributed by atoms with Gasteiger partial charge < -0.3 is 0 Å². The van der Waals surface area contributed by atoms with Crippen LogP contribution in [0.2, 0.25) is 0 Å². The van der Waals surface area contributed by atoms with Crippen molar-refractivity contribution in [3.63, 3.8) is 0 Å². The average Bonchev–Trinajstić information content (AvgIpc) is 2.04. The Labute approximate surface area is 76.8 Å². The van der Waals surface area contributed by atoms with Gasteiger partial charge in [-0.15, -0.1) is 0 Å². The van der Waals surface area contributed by atoms with Crippen LogP contribution in [0.1, 0.15) is 11.1 Å². The van der Waals surface area contributed by atoms with Gasteiger partial charge in [0.25, 0.3) is 0 Å². The molecule has 0 bridgehead atoms. The first-order valence-electron chi connectivity index (χ1n) is 4.01. The SMILES string of the molecule is Cc1cccc(CC(=O)NC=O)c1. The molecule has 0 aliphatic rings. The minimum absolute atomic E-state index is 0.250. The molecule has 1 aromatic carbocycles. The van der Waals surface area contributed by atoms with Crippen LogP contribution in [0.15, 0.2) is 24.3 Å². The van der Waals surface area contributed by atoms with Crippen molar-refractivity contribution in [1.29, 1.82) is 0 Å². The predicted molar refractivity (Wildman–Crippen MR) is 49.1 cm³/mol. The predicted octanol–water partition coefficient (Wildman–Crippen LogP) is 0.810. The number of hydrogen-bond acceptors (Lipinski definition) is 2. The molecule has 3 nitrogen and oxygen atoms in total. The van der Waals surface area contributed by atoms with E-state index in [2.05, 4.69) is 5.32 Å². The monoisotopic (exact) mass is 177 g/mol. The second-order valence-corrected chi connectivity index (χ2v) is 2.85. The lowest BCUT2D eigenvalue weighted by Crippen LogP contribution is -2.23. The quantitative estimate of drug-likeness (QED) is 0.694. The second kappa shape index (κ2) is 4.40. The standard InChI is InChI=1S/C10H11NO2/c1-8-3-2-4-9(5-8)6-10(13)11-7-12/h2-5,7H,6H2,1H3,(H,11,12,13). The van der Waals surface area contributed by atoms with Gasteiger partial charge in [0, 0.05) is 0 Å². The van der Waals surface area contributed by atoms with Gasteiger partial charge in [0.15, 0.2) is 0 Å². The molecule has 1 N–H and O–H groups in total. The van der Waals surface area contributed by atoms with E-state index >= 15 is 0 Å². The highest BCUT2D eigenvalue weighted by molar-refractivity contribution is 5.87. The summed E-state index contributed by atoms with van der Waals surface area (Å²) in [7, 11) is 0. The summed E-state index contributed by atoms with van der Waals surface area (Å²) in [6, 6.07) is 7.63. The lowest BCUT2D eigenvalue weighted by Gasteiger charge is -2.00. The van der Waals surface area contributed by atoms with Crippen LogP contribution >= 0.6 is 0 Å². The van der Waals surface area contributed by atoms with Gasteiger partial charge in [-0.05, 0) is 12.5 Å². The Hall–Kier alpha value is -1.64. The summed E-state index contributed by atoms with van der Waals surface area (Å²) in [4.78, 5) is 20.9. The Bertz CT molecular complexity index is 320. The van der Waals surface area contributed by atoms with Gasteiger partial charge in [-0.2, -0.15) is 0 Å². The highest BCUT2D eigenvalue weighted by Gasteiger charge is 2.01. The second-order valence-electron chi connectivity index (χ2n) is 2.85. The summed E-state index contributed by atoms with van der Waals surface area (Å²) in [5.74, 6) is -0.277. The Kier molecular flexibility index (Phi) is 3.20. The first-order valence-corrected chi connectivity index (χ1v) is 4.01. The van der Waals surface area contributed by atoms with Gasteiger partial charge in [-0.1, -0.05) is 29.8 Å². The minimum atomic E-state index is -0.277. The van der Waals surface area contributed by atoms with Crippen LogP contribution in [-0.2, 0) is 16.0 Å². The van der Waals surface area contributed by atoms with Crippen molar-refractivity contribution in [2.24, 2.45) is 0 Å². The summed E-state index contributed by atoms with van der Waals surface area (Å²) in [6.07, 6.45) is 0.651. The Morgan fingerprint density at radius 3 is 2.92 bits per heavy atom. The van der Waals surface area contributed by atoms with E-state index in [0.717, 1.165) is 11.1 Å². The van der Waals surface area contributed by atoms with E-state index in [0.29, 0.717) is 6.41 Å². The smallest absolute Gasteiger partial charge is 0.230 e. The van der Waals surface area contributed by atoms with Gasteiger partial charge >= 0.3 is 0 Å². The Morgan fingerprint density at radius 2 is 2.31 bits per heavy atom. The minimum Gasteiger partial charge on any atom is -0.299 e. The van der Waals surface area contributed by atoms with Crippen LogP contribution in [0.4, 0.5) is 0 Å². The van der Waals surface area contributed by atoms with Crippen molar-refractivity contribution in [1.82, 2.24) is 5.32 Å². The fourth-order valence-corrected chi connectivity index (χ4v) is 1.12. The Balaban J connectivity index is 2.63. The van der Waals surface area contributed by atoms with E-state index in [4.69, 9.17) is 0 Å². The molecule has 1 rings (SSSR count). The number of aryl methyl sites for hydroxylation is 1. The molecule has 0 atom stereocenters. The molecular weight excluding hydrogens is 166 g/mol. The molecule has 0 fully saturated rings. The maximum absolute atomic E-state index is 11.0. The summed E-state index contributed by atoms with van der Waals surface area (Å²) >= 11 is 0. The molecule has 13 heavy (non-hydrogen) atoms. The topological polar surface area (TPSA) is 46.2 Å². The van der Waals surface area contributed by atoms with Gasteiger partial charge in [-0.3, -0.25) is 14.9 Å². The van der Waals surface area contributed by atoms with Crippen molar-refractivity contribution < 1.29 is 9.59 Å². The average molecular weight is 177 g/mol. The molecule has 3 heteroatoms. The molecule has 0 spiro atoms. The number of hydrogen-bond donors (Lipinski definition) is 1. The lowest BCUT2D eigenvalue weighted by molar-refractivity contribution is -0.124. The van der Waals surface area contributed by atoms with Crippen molar-refractivity contribution in [2.45, 2.75) is 13.3 Å². The van der Waals surface area contributed by atoms with E-state index in [1.165, 1.54) is 0 Å². The fourth-order valence-electron chi connectivity index (χ4n) is 1.12. The van der Waals surface area contributed by atoms with Crippen molar-refractivity contribution in [3.8, 4) is 0 Å². The third-order valence-electron chi connectivity index (χ3n) is 1.67. The van der Waals surface area contributed by atoms with Gasteiger partial charge in [0.2, 0.25) is 12.3 Å². The molecule has 0 radical (unpaired) electrons. The molecule has 0 heterocycles. The molecule has 0 aliphatic carbocycles. The summed E-state index contributed by atoms with van der Waals surface area (Å²) in [5.41, 5.74) is 2.02. The lowest BCUT2D eigenvalue weighted by atomic mass is 10.1. The third-order valence-corrected chi connectivity index (χ3v) is 1.67. The van der Waals surface area contributed by atoms with E-state index in [9.17, 15) is 9.59 Å². The van der Waals surface area contributed by atoms with Crippen molar-refractivity contribution >= 4 is 12.3 Å². The van der Waals surface area contributed by atoms with Crippen LogP contribution in [0, 0.1) is 6.92 Å². The molecule has 0 saturated heterocycles. The van der Waals surface area contributed by atoms with Gasteiger partial charge in [-0.25, -0.2) is 0 Å². The molecule has 1 aromatic rings. The third kappa shape index (κ3) is 3.07. The molecule has 0 aliphatic heterocycles. The molecular formula is C10H11NO2. The zero-order valence-corrected chi connectivity index (χ0v) is 7.41. The van der Waals surface area contributed by atoms with Crippen molar-refractivity contribution in [2.75, 3.05) is 0 Å². The molecule has 68 valence electrons. The number of amides is 2. The van der Waals surface area contributed by atoms with Crippen molar-refractivity contribution in [3.05, 3.63) is 35.4 Å². The fraction of sp³-hybridized carbons (Fsp3) is 0.200. The number of imide groups is 1. The number of carbonyl (C=O) groups excluding carboxylic acids is 2. The molecule has 2 amide bonds. The highest BCUT2D eigenvalue weighted by Crippen LogP contribution is 2.04. The van der Waals surface area contributed by atoms with Crippen LogP contribution in [0.25, 0.3) is 0 Å². The summed E-state index contributed by atoms with van der Waals surface area (Å²) in [6.45, 7) is 1.96. The van der Waals surface area contributed by atoms with E-state index in [-0.39, 0.29) is 12.3 Å². The van der Waals surface area contributed by atoms with E-state index in [1.54, 1.807) is 0 Å². The summed E-state index contributed by atoms with van der Waals surface area (Å²) < 4.78 is 0. The molecule has 0 saturated carbocycles. The van der Waals surface area contributed by atoms with E-state index < -0.39 is 0 Å². The molecule has 0 aromatic heterocycles. The highest BCUT2D eigenvalue weighted by atomic mass is 16.2. The van der Waals surface area contributed by atoms with Crippen LogP contribution < -0.4 is 5.32 Å². The summed E-state index contributed by atoms with van der Waals surface area (Å²) in [5, 5.41) is 2.09. The van der Waals surface area contributed by atoms with Crippen LogP contribution in [0.3, 0.4) is 0 Å². The van der Waals surface area contributed by atoms with Gasteiger partial charge in [0.1, 0.15) is 0 Å². The number of rotatable bonds is 3. The maximum atomic E-state index is 11.0. The first kappa shape index (κ1) is 9.45. The first-order chi connectivity index (χ1) is 6.22. The number of nitrogens with one attached hydrogen (secondary N) is 1. The zero-order valence-electron chi connectivity index (χ0n) is 7.41. The normalized spacial score (nSPS) is 9.31. The Morgan fingerprint density at radius 1 is 1.54 bits per heavy atom. The number of carbonyl (C=O) groups is 2. The van der Waals surface area contributed by atoms with Crippen LogP contribution in [-0.4, -0.2) is 12.3 Å². The van der Waals surface area contributed by atoms with Crippen LogP contribution in [0.5, 0.6) is 0 Å². The molecule has 0 unspecified atom stereocenters. The maximum Gasteiger partial charge on any atom is 0.230 e. The van der Waals surface area contributed by atoms with E-state index in [1.807, 2.05) is 31.2 Å². The number of benzene rings is 1. The zero-order chi connectivity index (χ0) is 9.68.